The van der Waals surface area contributed by atoms with Crippen LogP contribution in [0, 0.1) is 0 Å². The molecule has 0 aliphatic heterocycles. The number of esters is 2. The van der Waals surface area contributed by atoms with Crippen LogP contribution in [0.4, 0.5) is 13.2 Å². The maximum Gasteiger partial charge on any atom is 0.426 e. The molecule has 0 amide bonds. The summed E-state index contributed by atoms with van der Waals surface area (Å²) in [5, 5.41) is 9.65. The van der Waals surface area contributed by atoms with E-state index >= 15 is 0 Å². The molecule has 1 rings (SSSR count). The van der Waals surface area contributed by atoms with Gasteiger partial charge in [-0.1, -0.05) is 29.1 Å². The number of hydrogen-bond donors (Lipinski definition) is 2. The molecule has 0 bridgehead atoms. The normalized spacial score (nSPS) is 12.7. The zero-order valence-corrected chi connectivity index (χ0v) is 19.2. The molecule has 0 aliphatic carbocycles. The van der Waals surface area contributed by atoms with Gasteiger partial charge < -0.3 is 14.6 Å². The van der Waals surface area contributed by atoms with Crippen molar-refractivity contribution in [3.63, 3.8) is 0 Å². The van der Waals surface area contributed by atoms with E-state index in [0.29, 0.717) is 29.1 Å². The van der Waals surface area contributed by atoms with Crippen molar-refractivity contribution in [1.29, 1.82) is 0 Å². The second-order valence-corrected chi connectivity index (χ2v) is 8.62. The van der Waals surface area contributed by atoms with Crippen LogP contribution in [0.2, 0.25) is 0 Å². The molecule has 0 aliphatic rings. The number of carbonyl (C=O) groups is 3. The van der Waals surface area contributed by atoms with Crippen molar-refractivity contribution in [2.24, 2.45) is 0 Å². The quantitative estimate of drug-likeness (QED) is 0.191. The summed E-state index contributed by atoms with van der Waals surface area (Å²) in [5.74, 6) is -5.85. The molecule has 1 unspecified atom stereocenters. The van der Waals surface area contributed by atoms with Gasteiger partial charge in [-0.15, -0.1) is 0 Å². The topological polar surface area (TPSA) is 144 Å². The first-order valence-electron chi connectivity index (χ1n) is 9.81. The third-order valence-electron chi connectivity index (χ3n) is 4.95. The van der Waals surface area contributed by atoms with Crippen molar-refractivity contribution >= 4 is 70.3 Å². The van der Waals surface area contributed by atoms with Gasteiger partial charge in [-0.25, -0.2) is 9.59 Å². The van der Waals surface area contributed by atoms with Gasteiger partial charge in [-0.2, -0.15) is 21.6 Å². The minimum atomic E-state index is -5.26. The lowest BCUT2D eigenvalue weighted by Gasteiger charge is -2.21. The highest BCUT2D eigenvalue weighted by Gasteiger charge is 2.45. The van der Waals surface area contributed by atoms with Crippen LogP contribution in [-0.2, 0) is 37.0 Å². The zero-order chi connectivity index (χ0) is 25.7. The molecule has 1 atom stereocenters. The summed E-state index contributed by atoms with van der Waals surface area (Å²) in [6.45, 7) is -0.746. The Morgan fingerprint density at radius 2 is 1.55 bits per heavy atom. The molecule has 0 heterocycles. The van der Waals surface area contributed by atoms with Gasteiger partial charge >= 0.3 is 24.1 Å². The maximum atomic E-state index is 12.8. The first-order chi connectivity index (χ1) is 15.0. The summed E-state index contributed by atoms with van der Waals surface area (Å²) in [4.78, 5) is 36.2. The zero-order valence-electron chi connectivity index (χ0n) is 18.4. The predicted molar refractivity (Wildman–Crippen MR) is 122 cm³/mol. The lowest BCUT2D eigenvalue weighted by molar-refractivity contribution is -0.215. The number of halogens is 3. The molecule has 0 saturated carbocycles. The van der Waals surface area contributed by atoms with E-state index in [0.717, 1.165) is 5.56 Å². The monoisotopic (exact) mass is 490 g/mol. The van der Waals surface area contributed by atoms with Gasteiger partial charge in [0.1, 0.15) is 43.7 Å². The highest BCUT2D eigenvalue weighted by molar-refractivity contribution is 7.85. The summed E-state index contributed by atoms with van der Waals surface area (Å²) in [5.41, 5.74) is 1.84. The van der Waals surface area contributed by atoms with Gasteiger partial charge in [0.25, 0.3) is 10.1 Å². The van der Waals surface area contributed by atoms with Crippen LogP contribution in [0.5, 0.6) is 0 Å². The molecular formula is C16H21B4F3O9S. The summed E-state index contributed by atoms with van der Waals surface area (Å²) in [7, 11) is 1.73. The average Bonchev–Trinajstić information content (AvgIpc) is 2.65. The number of carboxylic acids is 1. The highest BCUT2D eigenvalue weighted by Crippen LogP contribution is 2.24. The minimum Gasteiger partial charge on any atom is -0.478 e. The van der Waals surface area contributed by atoms with Gasteiger partial charge in [0.05, 0.1) is 17.5 Å². The Bertz CT molecular complexity index is 1040. The molecule has 0 radical (unpaired) electrons. The van der Waals surface area contributed by atoms with Gasteiger partial charge in [0.2, 0.25) is 6.10 Å². The average molecular weight is 490 g/mol. The van der Waals surface area contributed by atoms with Crippen molar-refractivity contribution in [2.75, 3.05) is 12.4 Å². The van der Waals surface area contributed by atoms with Crippen LogP contribution >= 0.6 is 0 Å². The van der Waals surface area contributed by atoms with E-state index in [-0.39, 0.29) is 11.1 Å². The summed E-state index contributed by atoms with van der Waals surface area (Å²) in [6.07, 6.45) is -8.40. The van der Waals surface area contributed by atoms with Crippen LogP contribution in [0.25, 0.3) is 0 Å². The first kappa shape index (κ1) is 28.6. The van der Waals surface area contributed by atoms with Crippen LogP contribution in [0.1, 0.15) is 38.3 Å². The lowest BCUT2D eigenvalue weighted by Crippen LogP contribution is -2.39. The predicted octanol–water partition coefficient (Wildman–Crippen LogP) is -3.92. The molecule has 0 fully saturated rings. The number of benzene rings is 1. The summed E-state index contributed by atoms with van der Waals surface area (Å²) < 4.78 is 77.5. The second kappa shape index (κ2) is 11.1. The fourth-order valence-corrected chi connectivity index (χ4v) is 4.15. The highest BCUT2D eigenvalue weighted by atomic mass is 32.2. The summed E-state index contributed by atoms with van der Waals surface area (Å²) >= 11 is 0. The van der Waals surface area contributed by atoms with Crippen molar-refractivity contribution in [3.05, 3.63) is 22.3 Å². The van der Waals surface area contributed by atoms with Crippen LogP contribution in [0.15, 0.2) is 0 Å². The maximum absolute atomic E-state index is 12.8. The number of carbonyl (C=O) groups excluding carboxylic acids is 2. The van der Waals surface area contributed by atoms with Crippen molar-refractivity contribution in [2.45, 2.75) is 31.3 Å². The Morgan fingerprint density at radius 1 is 1.00 bits per heavy atom. The number of aromatic carboxylic acids is 1. The molecule has 0 aromatic heterocycles. The van der Waals surface area contributed by atoms with Crippen LogP contribution in [0.3, 0.4) is 0 Å². The number of hydrogen-bond acceptors (Lipinski definition) is 7. The number of ether oxygens (including phenoxy) is 2. The lowest BCUT2D eigenvalue weighted by atomic mass is 9.68. The van der Waals surface area contributed by atoms with Crippen molar-refractivity contribution in [3.8, 4) is 0 Å². The third kappa shape index (κ3) is 7.56. The SMILES string of the molecule is BCc1c(B)c(CB)c(C(=O)OCCC(=O)OC(CS(=O)(=O)O)C(F)(F)F)c(C(=O)O)c1B. The van der Waals surface area contributed by atoms with Crippen LogP contribution in [-0.4, -0.2) is 92.0 Å². The van der Waals surface area contributed by atoms with Crippen LogP contribution < -0.4 is 10.9 Å². The van der Waals surface area contributed by atoms with E-state index in [1.807, 2.05) is 7.85 Å². The largest absolute Gasteiger partial charge is 0.478 e. The fraction of sp³-hybridized carbons (Fsp3) is 0.438. The van der Waals surface area contributed by atoms with E-state index in [1.165, 1.54) is 0 Å². The van der Waals surface area contributed by atoms with Gasteiger partial charge in [0, 0.05) is 0 Å². The van der Waals surface area contributed by atoms with Crippen molar-refractivity contribution in [1.82, 2.24) is 0 Å². The molecule has 0 saturated heterocycles. The Hall–Kier alpha value is -2.41. The van der Waals surface area contributed by atoms with E-state index in [2.05, 4.69) is 4.74 Å². The minimum absolute atomic E-state index is 0.204. The van der Waals surface area contributed by atoms with Crippen molar-refractivity contribution < 1.29 is 55.1 Å². The summed E-state index contributed by atoms with van der Waals surface area (Å²) in [6, 6.07) is 0. The van der Waals surface area contributed by atoms with Gasteiger partial charge in [-0.3, -0.25) is 9.35 Å². The van der Waals surface area contributed by atoms with E-state index < -0.39 is 59.1 Å². The smallest absolute Gasteiger partial charge is 0.426 e. The molecule has 9 nitrogen and oxygen atoms in total. The van der Waals surface area contributed by atoms with E-state index in [9.17, 15) is 41.1 Å². The van der Waals surface area contributed by atoms with Gasteiger partial charge in [-0.05, 0) is 5.56 Å². The number of carboxylic acid groups (broad SMARTS) is 1. The second-order valence-electron chi connectivity index (χ2n) is 7.12. The Labute approximate surface area is 191 Å². The first-order valence-corrected chi connectivity index (χ1v) is 11.4. The molecule has 33 heavy (non-hydrogen) atoms. The Morgan fingerprint density at radius 3 is 1.97 bits per heavy atom. The third-order valence-corrected chi connectivity index (χ3v) is 5.67. The number of rotatable bonds is 10. The van der Waals surface area contributed by atoms with E-state index in [1.54, 1.807) is 23.5 Å². The molecular weight excluding hydrogens is 468 g/mol. The van der Waals surface area contributed by atoms with E-state index in [4.69, 9.17) is 9.29 Å². The molecule has 1 aromatic carbocycles. The molecule has 0 spiro atoms. The standard InChI is InChI=1S/C16H21B4F3O9S/c17-3-6-10(11(14(25)26)13(20)7(4-18)12(6)19)15(27)31-2-1-9(24)32-8(16(21,22)23)5-33(28,29)30/h8H,1-5,17-20H2,(H,25,26)(H,28,29,30). The Balaban J connectivity index is 3.05. The molecule has 178 valence electrons. The Kier molecular flexibility index (Phi) is 9.66. The van der Waals surface area contributed by atoms with Gasteiger partial charge in [0.15, 0.2) is 0 Å². The molecule has 17 heteroatoms. The molecule has 2 N–H and O–H groups in total. The molecule has 1 aromatic rings. The number of alkyl halides is 3. The fourth-order valence-electron chi connectivity index (χ4n) is 3.51.